The fourth-order valence-electron chi connectivity index (χ4n) is 1.92. The van der Waals surface area contributed by atoms with E-state index in [1.165, 1.54) is 25.3 Å². The van der Waals surface area contributed by atoms with Gasteiger partial charge >= 0.3 is 0 Å². The monoisotopic (exact) mass is 286 g/mol. The number of carbonyl (C=O) groups is 1. The second-order valence-corrected chi connectivity index (χ2v) is 4.41. The molecule has 6 heteroatoms. The smallest absolute Gasteiger partial charge is 0.269 e. The second-order valence-electron chi connectivity index (χ2n) is 4.41. The van der Waals surface area contributed by atoms with Crippen LogP contribution in [0.3, 0.4) is 0 Å². The number of non-ortho nitro benzene ring substituents is 1. The van der Waals surface area contributed by atoms with Crippen molar-refractivity contribution in [3.8, 4) is 5.75 Å². The Morgan fingerprint density at radius 1 is 1.24 bits per heavy atom. The van der Waals surface area contributed by atoms with E-state index in [4.69, 9.17) is 4.74 Å². The minimum absolute atomic E-state index is 0.0113. The molecule has 0 fully saturated rings. The number of amides is 1. The van der Waals surface area contributed by atoms with Crippen LogP contribution < -0.4 is 10.1 Å². The molecule has 2 aromatic carbocycles. The van der Waals surface area contributed by atoms with Gasteiger partial charge in [-0.3, -0.25) is 14.9 Å². The molecule has 0 unspecified atom stereocenters. The summed E-state index contributed by atoms with van der Waals surface area (Å²) in [5.41, 5.74) is 1.53. The number of hydrogen-bond donors (Lipinski definition) is 1. The molecular weight excluding hydrogens is 272 g/mol. The summed E-state index contributed by atoms with van der Waals surface area (Å²) < 4.78 is 5.13. The van der Waals surface area contributed by atoms with Gasteiger partial charge in [0.05, 0.1) is 17.6 Å². The maximum atomic E-state index is 12.2. The second kappa shape index (κ2) is 6.04. The first-order valence-corrected chi connectivity index (χ1v) is 6.22. The number of nitrogens with zero attached hydrogens (tertiary/aromatic N) is 1. The molecule has 0 atom stereocenters. The van der Waals surface area contributed by atoms with Crippen LogP contribution in [0.5, 0.6) is 5.75 Å². The van der Waals surface area contributed by atoms with Crippen LogP contribution >= 0.6 is 0 Å². The van der Waals surface area contributed by atoms with Crippen molar-refractivity contribution in [1.82, 2.24) is 0 Å². The van der Waals surface area contributed by atoms with Gasteiger partial charge in [-0.25, -0.2) is 0 Å². The molecule has 0 aliphatic rings. The average molecular weight is 286 g/mol. The zero-order chi connectivity index (χ0) is 15.4. The highest BCUT2D eigenvalue weighted by Gasteiger charge is 2.14. The lowest BCUT2D eigenvalue weighted by atomic mass is 10.1. The number of nitrogens with one attached hydrogen (secondary N) is 1. The van der Waals surface area contributed by atoms with Crippen LogP contribution in [-0.4, -0.2) is 17.9 Å². The highest BCUT2D eigenvalue weighted by atomic mass is 16.6. The summed E-state index contributed by atoms with van der Waals surface area (Å²) in [5, 5.41) is 13.4. The van der Waals surface area contributed by atoms with Crippen LogP contribution in [0.1, 0.15) is 15.9 Å². The van der Waals surface area contributed by atoms with E-state index in [0.29, 0.717) is 22.6 Å². The van der Waals surface area contributed by atoms with E-state index in [0.717, 1.165) is 0 Å². The number of aryl methyl sites for hydroxylation is 1. The number of nitro benzene ring substituents is 1. The number of carbonyl (C=O) groups excluding carboxylic acids is 1. The summed E-state index contributed by atoms with van der Waals surface area (Å²) in [5.74, 6) is 0.138. The first-order valence-electron chi connectivity index (χ1n) is 6.22. The highest BCUT2D eigenvalue weighted by molar-refractivity contribution is 6.06. The third kappa shape index (κ3) is 3.17. The molecule has 21 heavy (non-hydrogen) atoms. The molecule has 2 aromatic rings. The Hall–Kier alpha value is -2.89. The van der Waals surface area contributed by atoms with Crippen molar-refractivity contribution in [3.05, 3.63) is 63.7 Å². The molecule has 0 spiro atoms. The van der Waals surface area contributed by atoms with Crippen molar-refractivity contribution in [2.45, 2.75) is 6.92 Å². The summed E-state index contributed by atoms with van der Waals surface area (Å²) in [6, 6.07) is 11.1. The quantitative estimate of drug-likeness (QED) is 0.691. The van der Waals surface area contributed by atoms with Crippen molar-refractivity contribution in [1.29, 1.82) is 0 Å². The van der Waals surface area contributed by atoms with Gasteiger partial charge in [-0.15, -0.1) is 0 Å². The van der Waals surface area contributed by atoms with Crippen LogP contribution in [0.15, 0.2) is 42.5 Å². The zero-order valence-corrected chi connectivity index (χ0v) is 11.6. The van der Waals surface area contributed by atoms with E-state index in [9.17, 15) is 14.9 Å². The lowest BCUT2D eigenvalue weighted by Crippen LogP contribution is -2.14. The number of anilines is 1. The maximum absolute atomic E-state index is 12.2. The molecule has 0 aliphatic carbocycles. The van der Waals surface area contributed by atoms with Gasteiger partial charge in [0.2, 0.25) is 0 Å². The van der Waals surface area contributed by atoms with Crippen LogP contribution in [0.25, 0.3) is 0 Å². The van der Waals surface area contributed by atoms with Crippen LogP contribution in [0.2, 0.25) is 0 Å². The first kappa shape index (κ1) is 14.5. The molecule has 0 heterocycles. The normalized spacial score (nSPS) is 10.0. The van der Waals surface area contributed by atoms with Crippen LogP contribution in [0.4, 0.5) is 11.4 Å². The number of rotatable bonds is 4. The van der Waals surface area contributed by atoms with E-state index in [-0.39, 0.29) is 11.6 Å². The molecule has 0 saturated heterocycles. The summed E-state index contributed by atoms with van der Waals surface area (Å²) in [7, 11) is 1.49. The third-order valence-corrected chi connectivity index (χ3v) is 3.02. The fourth-order valence-corrected chi connectivity index (χ4v) is 1.92. The molecule has 6 nitrogen and oxygen atoms in total. The summed E-state index contributed by atoms with van der Waals surface area (Å²) >= 11 is 0. The van der Waals surface area contributed by atoms with Crippen molar-refractivity contribution < 1.29 is 14.5 Å². The topological polar surface area (TPSA) is 81.5 Å². The largest absolute Gasteiger partial charge is 0.496 e. The van der Waals surface area contributed by atoms with Gasteiger partial charge in [-0.1, -0.05) is 12.1 Å². The van der Waals surface area contributed by atoms with Crippen LogP contribution in [0, 0.1) is 17.0 Å². The van der Waals surface area contributed by atoms with Crippen molar-refractivity contribution in [2.75, 3.05) is 12.4 Å². The molecule has 0 saturated carbocycles. The molecule has 0 bridgehead atoms. The van der Waals surface area contributed by atoms with Gasteiger partial charge in [0.25, 0.3) is 11.6 Å². The van der Waals surface area contributed by atoms with Gasteiger partial charge in [-0.05, 0) is 30.7 Å². The van der Waals surface area contributed by atoms with Crippen molar-refractivity contribution in [2.24, 2.45) is 0 Å². The lowest BCUT2D eigenvalue weighted by Gasteiger charge is -2.10. The summed E-state index contributed by atoms with van der Waals surface area (Å²) in [4.78, 5) is 22.5. The Labute approximate surface area is 121 Å². The lowest BCUT2D eigenvalue weighted by molar-refractivity contribution is -0.384. The number of hydrogen-bond acceptors (Lipinski definition) is 4. The van der Waals surface area contributed by atoms with E-state index in [2.05, 4.69) is 5.32 Å². The van der Waals surface area contributed by atoms with Gasteiger partial charge in [0.15, 0.2) is 0 Å². The van der Waals surface area contributed by atoms with E-state index in [1.54, 1.807) is 31.2 Å². The standard InChI is InChI=1S/C15H14N2O4/c1-10-9-11(17(19)20)7-8-13(10)16-15(18)12-5-3-4-6-14(12)21-2/h3-9H,1-2H3,(H,16,18). The predicted molar refractivity (Wildman–Crippen MR) is 78.8 cm³/mol. The summed E-state index contributed by atoms with van der Waals surface area (Å²) in [6.07, 6.45) is 0. The Kier molecular flexibility index (Phi) is 4.18. The third-order valence-electron chi connectivity index (χ3n) is 3.02. The number of ether oxygens (including phenoxy) is 1. The molecule has 0 aromatic heterocycles. The van der Waals surface area contributed by atoms with Gasteiger partial charge < -0.3 is 10.1 Å². The SMILES string of the molecule is COc1ccccc1C(=O)Nc1ccc([N+](=O)[O-])cc1C. The van der Waals surface area contributed by atoms with Gasteiger partial charge in [-0.2, -0.15) is 0 Å². The minimum atomic E-state index is -0.473. The van der Waals surface area contributed by atoms with Gasteiger partial charge in [0, 0.05) is 17.8 Å². The number of methoxy groups -OCH3 is 1. The molecule has 1 N–H and O–H groups in total. The molecule has 2 rings (SSSR count). The molecule has 0 aliphatic heterocycles. The minimum Gasteiger partial charge on any atom is -0.496 e. The van der Waals surface area contributed by atoms with Crippen LogP contribution in [-0.2, 0) is 0 Å². The number of benzene rings is 2. The highest BCUT2D eigenvalue weighted by Crippen LogP contribution is 2.23. The zero-order valence-electron chi connectivity index (χ0n) is 11.6. The molecular formula is C15H14N2O4. The molecule has 108 valence electrons. The number of nitro groups is 1. The maximum Gasteiger partial charge on any atom is 0.269 e. The van der Waals surface area contributed by atoms with E-state index in [1.807, 2.05) is 0 Å². The Morgan fingerprint density at radius 3 is 2.57 bits per heavy atom. The Bertz CT molecular complexity index is 698. The Balaban J connectivity index is 2.26. The molecule has 1 amide bonds. The first-order chi connectivity index (χ1) is 10.0. The summed E-state index contributed by atoms with van der Waals surface area (Å²) in [6.45, 7) is 1.70. The van der Waals surface area contributed by atoms with E-state index < -0.39 is 4.92 Å². The average Bonchev–Trinajstić information content (AvgIpc) is 2.48. The fraction of sp³-hybridized carbons (Fsp3) is 0.133. The van der Waals surface area contributed by atoms with E-state index >= 15 is 0 Å². The van der Waals surface area contributed by atoms with Crippen molar-refractivity contribution >= 4 is 17.3 Å². The molecule has 0 radical (unpaired) electrons. The predicted octanol–water partition coefficient (Wildman–Crippen LogP) is 3.16. The number of para-hydroxylation sites is 1. The Morgan fingerprint density at radius 2 is 1.95 bits per heavy atom. The van der Waals surface area contributed by atoms with Gasteiger partial charge in [0.1, 0.15) is 5.75 Å². The van der Waals surface area contributed by atoms with Crippen molar-refractivity contribution in [3.63, 3.8) is 0 Å².